The minimum Gasteiger partial charge on any atom is -0.381 e. The summed E-state index contributed by atoms with van der Waals surface area (Å²) in [5.74, 6) is 0.489. The van der Waals surface area contributed by atoms with Gasteiger partial charge in [0.1, 0.15) is 0 Å². The molecule has 2 aliphatic heterocycles. The van der Waals surface area contributed by atoms with Gasteiger partial charge in [-0.2, -0.15) is 11.8 Å². The van der Waals surface area contributed by atoms with E-state index in [2.05, 4.69) is 17.6 Å². The van der Waals surface area contributed by atoms with E-state index in [9.17, 15) is 9.59 Å². The van der Waals surface area contributed by atoms with Crippen molar-refractivity contribution in [1.29, 1.82) is 0 Å². The van der Waals surface area contributed by atoms with Crippen LogP contribution in [-0.2, 0) is 0 Å². The number of fused-ring (bicyclic) bond motifs is 1. The maximum Gasteiger partial charge on any atom is 0.259 e. The molecule has 0 aliphatic carbocycles. The Balaban J connectivity index is 1.81. The van der Waals surface area contributed by atoms with Crippen LogP contribution in [0.4, 0.5) is 5.69 Å². The van der Waals surface area contributed by atoms with Crippen molar-refractivity contribution < 1.29 is 9.59 Å². The summed E-state index contributed by atoms with van der Waals surface area (Å²) < 4.78 is 0. The summed E-state index contributed by atoms with van der Waals surface area (Å²) >= 11 is 1.96. The van der Waals surface area contributed by atoms with Crippen LogP contribution in [0.1, 0.15) is 34.1 Å². The Bertz CT molecular complexity index is 530. The Kier molecular flexibility index (Phi) is 2.78. The third kappa shape index (κ3) is 1.99. The molecule has 4 nitrogen and oxygen atoms in total. The molecular weight excluding hydrogens is 248 g/mol. The zero-order valence-corrected chi connectivity index (χ0v) is 10.8. The van der Waals surface area contributed by atoms with Crippen molar-refractivity contribution in [2.75, 3.05) is 11.1 Å². The molecule has 0 radical (unpaired) electrons. The minimum absolute atomic E-state index is 0.298. The largest absolute Gasteiger partial charge is 0.381 e. The molecule has 0 spiro atoms. The molecule has 1 aromatic rings. The number of nitrogens with one attached hydrogen (secondary N) is 2. The van der Waals surface area contributed by atoms with Gasteiger partial charge in [0.2, 0.25) is 0 Å². The van der Waals surface area contributed by atoms with Gasteiger partial charge in [0.05, 0.1) is 11.1 Å². The van der Waals surface area contributed by atoms with E-state index in [1.807, 2.05) is 17.8 Å². The zero-order chi connectivity index (χ0) is 12.7. The van der Waals surface area contributed by atoms with Gasteiger partial charge in [-0.05, 0) is 24.6 Å². The fourth-order valence-electron chi connectivity index (χ4n) is 2.41. The van der Waals surface area contributed by atoms with Crippen LogP contribution in [0.3, 0.4) is 0 Å². The monoisotopic (exact) mass is 262 g/mol. The predicted octanol–water partition coefficient (Wildman–Crippen LogP) is 1.88. The van der Waals surface area contributed by atoms with Crippen molar-refractivity contribution in [2.45, 2.75) is 24.6 Å². The molecule has 0 bridgehead atoms. The summed E-state index contributed by atoms with van der Waals surface area (Å²) in [4.78, 5) is 23.0. The van der Waals surface area contributed by atoms with Crippen molar-refractivity contribution in [1.82, 2.24) is 5.32 Å². The lowest BCUT2D eigenvalue weighted by Crippen LogP contribution is -2.20. The van der Waals surface area contributed by atoms with Crippen molar-refractivity contribution in [3.8, 4) is 0 Å². The number of anilines is 1. The summed E-state index contributed by atoms with van der Waals surface area (Å²) in [7, 11) is 0. The maximum atomic E-state index is 11.6. The van der Waals surface area contributed by atoms with Crippen LogP contribution in [0.15, 0.2) is 18.2 Å². The van der Waals surface area contributed by atoms with E-state index < -0.39 is 0 Å². The number of carbonyl (C=O) groups is 2. The van der Waals surface area contributed by atoms with Gasteiger partial charge in [0, 0.05) is 22.7 Å². The van der Waals surface area contributed by atoms with Crippen LogP contribution in [0, 0.1) is 0 Å². The van der Waals surface area contributed by atoms with Gasteiger partial charge < -0.3 is 5.32 Å². The fraction of sp³-hybridized carbons (Fsp3) is 0.385. The van der Waals surface area contributed by atoms with Crippen LogP contribution in [0.25, 0.3) is 0 Å². The van der Waals surface area contributed by atoms with Crippen molar-refractivity contribution in [3.05, 3.63) is 29.3 Å². The molecule has 2 aliphatic rings. The Morgan fingerprint density at radius 2 is 2.06 bits per heavy atom. The third-order valence-electron chi connectivity index (χ3n) is 3.31. The SMILES string of the molecule is CC1CC(Nc2ccc3c(c2)C(=O)NC3=O)CS1. The summed E-state index contributed by atoms with van der Waals surface area (Å²) in [5.41, 5.74) is 1.86. The van der Waals surface area contributed by atoms with Gasteiger partial charge in [-0.25, -0.2) is 0 Å². The van der Waals surface area contributed by atoms with Crippen LogP contribution in [0.2, 0.25) is 0 Å². The number of hydrogen-bond acceptors (Lipinski definition) is 4. The molecule has 0 saturated carbocycles. The van der Waals surface area contributed by atoms with Gasteiger partial charge in [-0.15, -0.1) is 0 Å². The summed E-state index contributed by atoms with van der Waals surface area (Å²) in [6, 6.07) is 5.79. The first-order valence-electron chi connectivity index (χ1n) is 6.01. The molecule has 94 valence electrons. The quantitative estimate of drug-likeness (QED) is 0.799. The van der Waals surface area contributed by atoms with E-state index >= 15 is 0 Å². The van der Waals surface area contributed by atoms with Gasteiger partial charge in [-0.1, -0.05) is 6.92 Å². The molecule has 5 heteroatoms. The first-order valence-corrected chi connectivity index (χ1v) is 7.06. The number of imide groups is 1. The number of thioether (sulfide) groups is 1. The zero-order valence-electron chi connectivity index (χ0n) is 10.0. The molecule has 2 heterocycles. The standard InChI is InChI=1S/C13H14N2O2S/c1-7-4-9(6-18-7)14-8-2-3-10-11(5-8)13(17)15-12(10)16/h2-3,5,7,9,14H,4,6H2,1H3,(H,15,16,17). The van der Waals surface area contributed by atoms with Crippen molar-refractivity contribution in [3.63, 3.8) is 0 Å². The average molecular weight is 262 g/mol. The Hall–Kier alpha value is -1.49. The van der Waals surface area contributed by atoms with E-state index in [1.54, 1.807) is 12.1 Å². The van der Waals surface area contributed by atoms with Crippen LogP contribution in [-0.4, -0.2) is 28.9 Å². The number of benzene rings is 1. The Morgan fingerprint density at radius 3 is 2.78 bits per heavy atom. The van der Waals surface area contributed by atoms with Gasteiger partial charge in [0.15, 0.2) is 0 Å². The smallest absolute Gasteiger partial charge is 0.259 e. The molecule has 1 saturated heterocycles. The molecule has 18 heavy (non-hydrogen) atoms. The molecule has 3 rings (SSSR count). The van der Waals surface area contributed by atoms with E-state index in [0.717, 1.165) is 17.9 Å². The van der Waals surface area contributed by atoms with Gasteiger partial charge in [-0.3, -0.25) is 14.9 Å². The average Bonchev–Trinajstić information content (AvgIpc) is 2.85. The maximum absolute atomic E-state index is 11.6. The first-order chi connectivity index (χ1) is 8.63. The van der Waals surface area contributed by atoms with Crippen LogP contribution >= 0.6 is 11.8 Å². The molecule has 1 fully saturated rings. The lowest BCUT2D eigenvalue weighted by Gasteiger charge is -2.13. The van der Waals surface area contributed by atoms with E-state index in [-0.39, 0.29) is 11.8 Å². The lowest BCUT2D eigenvalue weighted by atomic mass is 10.1. The van der Waals surface area contributed by atoms with Crippen LogP contribution < -0.4 is 10.6 Å². The predicted molar refractivity (Wildman–Crippen MR) is 72.2 cm³/mol. The fourth-order valence-corrected chi connectivity index (χ4v) is 3.56. The second kappa shape index (κ2) is 4.31. The van der Waals surface area contributed by atoms with E-state index in [1.165, 1.54) is 0 Å². The molecular formula is C13H14N2O2S. The highest BCUT2D eigenvalue weighted by molar-refractivity contribution is 8.00. The highest BCUT2D eigenvalue weighted by Crippen LogP contribution is 2.29. The van der Waals surface area contributed by atoms with Crippen molar-refractivity contribution in [2.24, 2.45) is 0 Å². The minimum atomic E-state index is -0.299. The summed E-state index contributed by atoms with van der Waals surface area (Å²) in [6.45, 7) is 2.22. The first kappa shape index (κ1) is 11.6. The molecule has 1 aromatic carbocycles. The molecule has 2 atom stereocenters. The summed E-state index contributed by atoms with van der Waals surface area (Å²) in [6.07, 6.45) is 1.13. The highest BCUT2D eigenvalue weighted by atomic mass is 32.2. The topological polar surface area (TPSA) is 58.2 Å². The number of hydrogen-bond donors (Lipinski definition) is 2. The number of amides is 2. The molecule has 2 unspecified atom stereocenters. The van der Waals surface area contributed by atoms with E-state index in [0.29, 0.717) is 22.4 Å². The highest BCUT2D eigenvalue weighted by Gasteiger charge is 2.27. The molecule has 0 aromatic heterocycles. The van der Waals surface area contributed by atoms with Crippen LogP contribution in [0.5, 0.6) is 0 Å². The Labute approximate surface area is 110 Å². The lowest BCUT2D eigenvalue weighted by molar-refractivity contribution is 0.0879. The number of rotatable bonds is 2. The van der Waals surface area contributed by atoms with E-state index in [4.69, 9.17) is 0 Å². The van der Waals surface area contributed by atoms with Gasteiger partial charge >= 0.3 is 0 Å². The number of carbonyl (C=O) groups excluding carboxylic acids is 2. The second-order valence-electron chi connectivity index (χ2n) is 4.76. The normalized spacial score (nSPS) is 26.1. The second-order valence-corrected chi connectivity index (χ2v) is 6.24. The summed E-state index contributed by atoms with van der Waals surface area (Å²) in [5, 5.41) is 6.41. The van der Waals surface area contributed by atoms with Crippen molar-refractivity contribution >= 4 is 29.3 Å². The molecule has 2 N–H and O–H groups in total. The molecule has 2 amide bonds. The van der Waals surface area contributed by atoms with Gasteiger partial charge in [0.25, 0.3) is 11.8 Å². The Morgan fingerprint density at radius 1 is 1.28 bits per heavy atom. The third-order valence-corrected chi connectivity index (χ3v) is 4.66.